The predicted octanol–water partition coefficient (Wildman–Crippen LogP) is 3.05. The Bertz CT molecular complexity index is 762. The van der Waals surface area contributed by atoms with Crippen LogP contribution in [-0.4, -0.2) is 10.8 Å². The Kier molecular flexibility index (Phi) is 5.28. The number of nitrogens with zero attached hydrogens (tertiary/aromatic N) is 2. The second-order valence-corrected chi connectivity index (χ2v) is 5.56. The van der Waals surface area contributed by atoms with E-state index < -0.39 is 4.92 Å². The molecule has 0 atom stereocenters. The normalized spacial score (nSPS) is 10.4. The van der Waals surface area contributed by atoms with Gasteiger partial charge in [0.15, 0.2) is 11.9 Å². The Hall–Kier alpha value is -2.47. The number of nitro groups is 1. The highest BCUT2D eigenvalue weighted by atomic mass is 35.5. The Morgan fingerprint density at radius 1 is 1.35 bits per heavy atom. The summed E-state index contributed by atoms with van der Waals surface area (Å²) in [4.78, 5) is 22.7. The number of rotatable bonds is 5. The molecule has 0 fully saturated rings. The lowest BCUT2D eigenvalue weighted by atomic mass is 10.2. The van der Waals surface area contributed by atoms with Gasteiger partial charge in [0.05, 0.1) is 4.92 Å². The van der Waals surface area contributed by atoms with Crippen molar-refractivity contribution in [2.24, 2.45) is 0 Å². The van der Waals surface area contributed by atoms with Gasteiger partial charge in [0.1, 0.15) is 5.69 Å². The molecule has 0 unspecified atom stereocenters. The average Bonchev–Trinajstić information content (AvgIpc) is 2.49. The van der Waals surface area contributed by atoms with Crippen LogP contribution in [0.25, 0.3) is 0 Å². The van der Waals surface area contributed by atoms with Crippen LogP contribution in [0.2, 0.25) is 5.02 Å². The molecule has 2 aromatic rings. The van der Waals surface area contributed by atoms with E-state index in [-0.39, 0.29) is 23.8 Å². The zero-order valence-corrected chi connectivity index (χ0v) is 13.6. The summed E-state index contributed by atoms with van der Waals surface area (Å²) in [6, 6.07) is 8.00. The first kappa shape index (κ1) is 16.9. The van der Waals surface area contributed by atoms with Crippen LogP contribution in [0.4, 0.5) is 11.4 Å². The van der Waals surface area contributed by atoms with Crippen molar-refractivity contribution in [1.29, 1.82) is 0 Å². The molecule has 1 aromatic heterocycles. The Morgan fingerprint density at radius 2 is 2.09 bits per heavy atom. The SMILES string of the molecule is CCc1ccc(C)[n+](CC(=O)Nc2cc(Cl)ccc2[N+](=O)[O-])c1. The first-order chi connectivity index (χ1) is 10.9. The number of hydrogen-bond acceptors (Lipinski definition) is 3. The van der Waals surface area contributed by atoms with Gasteiger partial charge in [-0.05, 0) is 24.6 Å². The minimum absolute atomic E-state index is 0.0728. The molecule has 0 radical (unpaired) electrons. The van der Waals surface area contributed by atoms with Gasteiger partial charge in [-0.25, -0.2) is 0 Å². The molecule has 23 heavy (non-hydrogen) atoms. The van der Waals surface area contributed by atoms with Crippen molar-refractivity contribution in [2.45, 2.75) is 26.8 Å². The fourth-order valence-electron chi connectivity index (χ4n) is 2.16. The van der Waals surface area contributed by atoms with Crippen LogP contribution in [0.1, 0.15) is 18.2 Å². The van der Waals surface area contributed by atoms with Crippen LogP contribution in [0.5, 0.6) is 0 Å². The number of benzene rings is 1. The zero-order valence-electron chi connectivity index (χ0n) is 12.9. The first-order valence-corrected chi connectivity index (χ1v) is 7.51. The zero-order chi connectivity index (χ0) is 17.0. The molecule has 0 aliphatic heterocycles. The van der Waals surface area contributed by atoms with E-state index in [1.165, 1.54) is 18.2 Å². The summed E-state index contributed by atoms with van der Waals surface area (Å²) in [5, 5.41) is 13.9. The fraction of sp³-hybridized carbons (Fsp3) is 0.250. The van der Waals surface area contributed by atoms with Crippen LogP contribution < -0.4 is 9.88 Å². The van der Waals surface area contributed by atoms with Crippen LogP contribution in [0.3, 0.4) is 0 Å². The number of carbonyl (C=O) groups is 1. The van der Waals surface area contributed by atoms with Gasteiger partial charge in [0.2, 0.25) is 6.54 Å². The molecule has 0 bridgehead atoms. The third-order valence-corrected chi connectivity index (χ3v) is 3.70. The quantitative estimate of drug-likeness (QED) is 0.518. The van der Waals surface area contributed by atoms with E-state index in [0.29, 0.717) is 5.02 Å². The maximum Gasteiger partial charge on any atom is 0.292 e. The third kappa shape index (κ3) is 4.26. The van der Waals surface area contributed by atoms with E-state index in [1.54, 1.807) is 0 Å². The number of amides is 1. The van der Waals surface area contributed by atoms with Gasteiger partial charge >= 0.3 is 0 Å². The molecular formula is C16H17ClN3O3+. The van der Waals surface area contributed by atoms with Crippen molar-refractivity contribution in [3.05, 3.63) is 62.9 Å². The number of aryl methyl sites for hydroxylation is 2. The van der Waals surface area contributed by atoms with Gasteiger partial charge in [-0.15, -0.1) is 0 Å². The van der Waals surface area contributed by atoms with Crippen molar-refractivity contribution < 1.29 is 14.3 Å². The molecular weight excluding hydrogens is 318 g/mol. The molecule has 0 saturated heterocycles. The summed E-state index contributed by atoms with van der Waals surface area (Å²) in [6.07, 6.45) is 2.77. The fourth-order valence-corrected chi connectivity index (χ4v) is 2.33. The Balaban J connectivity index is 2.20. The molecule has 6 nitrogen and oxygen atoms in total. The number of pyridine rings is 1. The summed E-state index contributed by atoms with van der Waals surface area (Å²) < 4.78 is 1.81. The number of hydrogen-bond donors (Lipinski definition) is 1. The van der Waals surface area contributed by atoms with E-state index >= 15 is 0 Å². The highest BCUT2D eigenvalue weighted by Crippen LogP contribution is 2.27. The minimum Gasteiger partial charge on any atom is -0.315 e. The van der Waals surface area contributed by atoms with Gasteiger partial charge in [-0.3, -0.25) is 14.9 Å². The largest absolute Gasteiger partial charge is 0.315 e. The summed E-state index contributed by atoms with van der Waals surface area (Å²) in [5.74, 6) is -0.350. The number of anilines is 1. The number of aromatic nitrogens is 1. The maximum absolute atomic E-state index is 12.2. The molecule has 7 heteroatoms. The smallest absolute Gasteiger partial charge is 0.292 e. The van der Waals surface area contributed by atoms with Gasteiger partial charge in [-0.2, -0.15) is 4.57 Å². The third-order valence-electron chi connectivity index (χ3n) is 3.46. The average molecular weight is 335 g/mol. The molecule has 120 valence electrons. The van der Waals surface area contributed by atoms with Gasteiger partial charge in [0, 0.05) is 29.6 Å². The standard InChI is InChI=1S/C16H16ClN3O3/c1-3-12-5-4-11(2)19(9-12)10-16(21)18-14-8-13(17)6-7-15(14)20(22)23/h4-9H,3,10H2,1-2H3/p+1. The lowest BCUT2D eigenvalue weighted by Gasteiger charge is -2.06. The van der Waals surface area contributed by atoms with Crippen molar-refractivity contribution in [1.82, 2.24) is 0 Å². The van der Waals surface area contributed by atoms with Crippen molar-refractivity contribution in [3.8, 4) is 0 Å². The topological polar surface area (TPSA) is 76.1 Å². The number of nitro benzene ring substituents is 1. The molecule has 0 aliphatic rings. The van der Waals surface area contributed by atoms with Gasteiger partial charge in [0.25, 0.3) is 11.6 Å². The van der Waals surface area contributed by atoms with Crippen LogP contribution >= 0.6 is 11.6 Å². The van der Waals surface area contributed by atoms with Crippen molar-refractivity contribution in [3.63, 3.8) is 0 Å². The molecule has 0 aliphatic carbocycles. The van der Waals surface area contributed by atoms with Crippen LogP contribution in [0.15, 0.2) is 36.5 Å². The number of nitrogens with one attached hydrogen (secondary N) is 1. The molecule has 1 amide bonds. The molecule has 0 spiro atoms. The van der Waals surface area contributed by atoms with Gasteiger partial charge < -0.3 is 5.32 Å². The molecule has 1 aromatic carbocycles. The summed E-state index contributed by atoms with van der Waals surface area (Å²) >= 11 is 5.85. The van der Waals surface area contributed by atoms with Crippen LogP contribution in [0, 0.1) is 17.0 Å². The molecule has 2 rings (SSSR count). The van der Waals surface area contributed by atoms with E-state index in [9.17, 15) is 14.9 Å². The van der Waals surface area contributed by atoms with Gasteiger partial charge in [-0.1, -0.05) is 18.5 Å². The number of halogens is 1. The highest BCUT2D eigenvalue weighted by Gasteiger charge is 2.19. The molecule has 0 saturated carbocycles. The monoisotopic (exact) mass is 334 g/mol. The van der Waals surface area contributed by atoms with Crippen molar-refractivity contribution in [2.75, 3.05) is 5.32 Å². The second-order valence-electron chi connectivity index (χ2n) is 5.13. The van der Waals surface area contributed by atoms with E-state index in [4.69, 9.17) is 11.6 Å². The molecule has 1 heterocycles. The number of carbonyl (C=O) groups excluding carboxylic acids is 1. The Morgan fingerprint density at radius 3 is 2.74 bits per heavy atom. The lowest BCUT2D eigenvalue weighted by molar-refractivity contribution is -0.690. The van der Waals surface area contributed by atoms with E-state index in [0.717, 1.165) is 17.7 Å². The molecule has 1 N–H and O–H groups in total. The van der Waals surface area contributed by atoms with E-state index in [2.05, 4.69) is 5.32 Å². The summed E-state index contributed by atoms with van der Waals surface area (Å²) in [5.41, 5.74) is 1.94. The van der Waals surface area contributed by atoms with Crippen molar-refractivity contribution >= 4 is 28.9 Å². The lowest BCUT2D eigenvalue weighted by Crippen LogP contribution is -2.43. The predicted molar refractivity (Wildman–Crippen MR) is 87.5 cm³/mol. The minimum atomic E-state index is -0.554. The second kappa shape index (κ2) is 7.19. The Labute approximate surface area is 138 Å². The van der Waals surface area contributed by atoms with E-state index in [1.807, 2.05) is 36.7 Å². The van der Waals surface area contributed by atoms with Crippen LogP contribution in [-0.2, 0) is 17.8 Å². The maximum atomic E-state index is 12.2. The highest BCUT2D eigenvalue weighted by molar-refractivity contribution is 6.31. The summed E-state index contributed by atoms with van der Waals surface area (Å²) in [6.45, 7) is 4.00. The summed E-state index contributed by atoms with van der Waals surface area (Å²) in [7, 11) is 0. The first-order valence-electron chi connectivity index (χ1n) is 7.13.